The van der Waals surface area contributed by atoms with Gasteiger partial charge in [0.05, 0.1) is 0 Å². The predicted octanol–water partition coefficient (Wildman–Crippen LogP) is 10.3. The molecular formula is C31H33F5O2. The van der Waals surface area contributed by atoms with E-state index in [0.29, 0.717) is 29.2 Å². The summed E-state index contributed by atoms with van der Waals surface area (Å²) in [5, 5.41) is 0. The Morgan fingerprint density at radius 2 is 1.45 bits per heavy atom. The Hall–Kier alpha value is -3.09. The van der Waals surface area contributed by atoms with E-state index in [9.17, 15) is 17.6 Å². The van der Waals surface area contributed by atoms with Crippen LogP contribution in [0.15, 0.2) is 60.7 Å². The molecule has 0 N–H and O–H groups in total. The number of hydrogen-bond donors (Lipinski definition) is 0. The quantitative estimate of drug-likeness (QED) is 0.242. The van der Waals surface area contributed by atoms with Crippen LogP contribution in [0.1, 0.15) is 63.9 Å². The molecule has 0 unspecified atom stereocenters. The van der Waals surface area contributed by atoms with Crippen molar-refractivity contribution < 1.29 is 31.4 Å². The summed E-state index contributed by atoms with van der Waals surface area (Å²) in [6.45, 7) is 2.21. The highest BCUT2D eigenvalue weighted by molar-refractivity contribution is 5.71. The van der Waals surface area contributed by atoms with E-state index in [1.807, 2.05) is 0 Å². The van der Waals surface area contributed by atoms with E-state index in [-0.39, 0.29) is 17.1 Å². The largest absolute Gasteiger partial charge is 0.573 e. The first-order chi connectivity index (χ1) is 18.2. The van der Waals surface area contributed by atoms with Gasteiger partial charge in [-0.1, -0.05) is 82.2 Å². The zero-order chi connectivity index (χ0) is 27.1. The minimum absolute atomic E-state index is 0.0294. The number of rotatable bonds is 10. The van der Waals surface area contributed by atoms with Gasteiger partial charge in [0.2, 0.25) is 0 Å². The van der Waals surface area contributed by atoms with Gasteiger partial charge >= 0.3 is 6.36 Å². The molecule has 0 amide bonds. The van der Waals surface area contributed by atoms with Crippen molar-refractivity contribution in [3.8, 4) is 28.4 Å². The third-order valence-corrected chi connectivity index (χ3v) is 7.39. The van der Waals surface area contributed by atoms with Gasteiger partial charge in [0.15, 0.2) is 11.6 Å². The van der Waals surface area contributed by atoms with Crippen molar-refractivity contribution in [3.63, 3.8) is 0 Å². The molecule has 2 nitrogen and oxygen atoms in total. The van der Waals surface area contributed by atoms with E-state index >= 15 is 4.39 Å². The van der Waals surface area contributed by atoms with Crippen LogP contribution in [0.3, 0.4) is 0 Å². The summed E-state index contributed by atoms with van der Waals surface area (Å²) in [4.78, 5) is 0. The molecule has 38 heavy (non-hydrogen) atoms. The number of para-hydroxylation sites is 1. The average Bonchev–Trinajstić information content (AvgIpc) is 2.89. The molecule has 0 atom stereocenters. The van der Waals surface area contributed by atoms with Gasteiger partial charge in [-0.05, 0) is 60.6 Å². The van der Waals surface area contributed by atoms with E-state index in [4.69, 9.17) is 4.74 Å². The van der Waals surface area contributed by atoms with E-state index in [0.717, 1.165) is 25.2 Å². The molecule has 0 aliphatic heterocycles. The third kappa shape index (κ3) is 7.49. The summed E-state index contributed by atoms with van der Waals surface area (Å²) >= 11 is 0. The molecule has 7 heteroatoms. The summed E-state index contributed by atoms with van der Waals surface area (Å²) in [7, 11) is 0. The predicted molar refractivity (Wildman–Crippen MR) is 138 cm³/mol. The number of hydrogen-bond acceptors (Lipinski definition) is 2. The maximum absolute atomic E-state index is 15.4. The Kier molecular flexibility index (Phi) is 9.29. The summed E-state index contributed by atoms with van der Waals surface area (Å²) in [5.41, 5.74) is 1.14. The highest BCUT2D eigenvalue weighted by Crippen LogP contribution is 2.38. The second-order valence-electron chi connectivity index (χ2n) is 10.1. The number of ether oxygens (including phenoxy) is 2. The maximum atomic E-state index is 15.4. The second kappa shape index (κ2) is 12.6. The van der Waals surface area contributed by atoms with Crippen LogP contribution in [0.2, 0.25) is 0 Å². The lowest BCUT2D eigenvalue weighted by Gasteiger charge is -2.28. The molecule has 1 aliphatic carbocycles. The molecule has 1 aliphatic rings. The fourth-order valence-electron chi connectivity index (χ4n) is 5.28. The van der Waals surface area contributed by atoms with Crippen LogP contribution < -0.4 is 9.47 Å². The topological polar surface area (TPSA) is 18.5 Å². The molecule has 4 rings (SSSR count). The lowest BCUT2D eigenvalue weighted by atomic mass is 9.78. The number of unbranched alkanes of at least 4 members (excludes halogenated alkanes) is 1. The Morgan fingerprint density at radius 3 is 2.11 bits per heavy atom. The van der Waals surface area contributed by atoms with Gasteiger partial charge in [-0.15, -0.1) is 13.2 Å². The van der Waals surface area contributed by atoms with Crippen molar-refractivity contribution in [1.29, 1.82) is 0 Å². The summed E-state index contributed by atoms with van der Waals surface area (Å²) < 4.78 is 77.3. The Balaban J connectivity index is 1.45. The Morgan fingerprint density at radius 1 is 0.789 bits per heavy atom. The highest BCUT2D eigenvalue weighted by atomic mass is 19.4. The first-order valence-electron chi connectivity index (χ1n) is 13.3. The van der Waals surface area contributed by atoms with Crippen molar-refractivity contribution in [2.45, 2.75) is 71.1 Å². The molecule has 0 aromatic heterocycles. The van der Waals surface area contributed by atoms with Gasteiger partial charge < -0.3 is 9.47 Å². The van der Waals surface area contributed by atoms with E-state index in [2.05, 4.69) is 11.7 Å². The lowest BCUT2D eigenvalue weighted by Crippen LogP contribution is -2.16. The van der Waals surface area contributed by atoms with Crippen molar-refractivity contribution in [1.82, 2.24) is 0 Å². The fraction of sp³-hybridized carbons (Fsp3) is 0.419. The van der Waals surface area contributed by atoms with Gasteiger partial charge in [0.25, 0.3) is 0 Å². The van der Waals surface area contributed by atoms with Crippen molar-refractivity contribution in [2.75, 3.05) is 0 Å². The molecular weight excluding hydrogens is 499 g/mol. The number of benzene rings is 3. The molecule has 0 bridgehead atoms. The average molecular weight is 533 g/mol. The summed E-state index contributed by atoms with van der Waals surface area (Å²) in [6.07, 6.45) is 4.61. The van der Waals surface area contributed by atoms with Crippen LogP contribution in [0.4, 0.5) is 22.0 Å². The van der Waals surface area contributed by atoms with Crippen molar-refractivity contribution >= 4 is 0 Å². The molecule has 1 fully saturated rings. The van der Waals surface area contributed by atoms with Gasteiger partial charge in [-0.2, -0.15) is 0 Å². The highest BCUT2D eigenvalue weighted by Gasteiger charge is 2.31. The minimum Gasteiger partial charge on any atom is -0.454 e. The fourth-order valence-corrected chi connectivity index (χ4v) is 5.28. The van der Waals surface area contributed by atoms with Crippen LogP contribution in [-0.2, 0) is 6.42 Å². The minimum atomic E-state index is -4.78. The SMILES string of the molecule is CCCCC1CCC(CCc2c(F)ccc(Oc3ccccc3-c3ccc(OC(F)(F)F)cc3)c2F)CC1. The molecule has 3 aromatic rings. The zero-order valence-corrected chi connectivity index (χ0v) is 21.5. The summed E-state index contributed by atoms with van der Waals surface area (Å²) in [5.74, 6) is -0.173. The lowest BCUT2D eigenvalue weighted by molar-refractivity contribution is -0.274. The summed E-state index contributed by atoms with van der Waals surface area (Å²) in [6, 6.07) is 14.6. The Bertz CT molecular complexity index is 1180. The third-order valence-electron chi connectivity index (χ3n) is 7.39. The molecule has 0 spiro atoms. The van der Waals surface area contributed by atoms with Crippen LogP contribution in [0, 0.1) is 23.5 Å². The molecule has 3 aromatic carbocycles. The smallest absolute Gasteiger partial charge is 0.454 e. The first-order valence-corrected chi connectivity index (χ1v) is 13.3. The van der Waals surface area contributed by atoms with Gasteiger partial charge in [-0.3, -0.25) is 0 Å². The van der Waals surface area contributed by atoms with Crippen molar-refractivity contribution in [2.24, 2.45) is 11.8 Å². The zero-order valence-electron chi connectivity index (χ0n) is 21.5. The maximum Gasteiger partial charge on any atom is 0.573 e. The van der Waals surface area contributed by atoms with E-state index < -0.39 is 18.0 Å². The molecule has 1 saturated carbocycles. The second-order valence-corrected chi connectivity index (χ2v) is 10.1. The standard InChI is InChI=1S/C31H33F5O2/c1-2-3-6-21-9-11-22(12-10-21)13-18-26-27(32)19-20-29(30(26)33)37-28-8-5-4-7-25(28)23-14-16-24(17-15-23)38-31(34,35)36/h4-5,7-8,14-17,19-22H,2-3,6,9-13,18H2,1H3. The molecule has 0 saturated heterocycles. The van der Waals surface area contributed by atoms with E-state index in [1.54, 1.807) is 24.3 Å². The molecule has 0 heterocycles. The number of halogens is 5. The Labute approximate surface area is 220 Å². The molecule has 0 radical (unpaired) electrons. The van der Waals surface area contributed by atoms with Gasteiger partial charge in [0, 0.05) is 11.1 Å². The van der Waals surface area contributed by atoms with Crippen molar-refractivity contribution in [3.05, 3.63) is 77.9 Å². The van der Waals surface area contributed by atoms with Crippen LogP contribution in [0.5, 0.6) is 17.2 Å². The van der Waals surface area contributed by atoms with Crippen LogP contribution in [-0.4, -0.2) is 6.36 Å². The number of alkyl halides is 3. The normalized spacial score (nSPS) is 17.8. The first kappa shape index (κ1) is 27.9. The monoisotopic (exact) mass is 532 g/mol. The van der Waals surface area contributed by atoms with Gasteiger partial charge in [-0.25, -0.2) is 8.78 Å². The van der Waals surface area contributed by atoms with Gasteiger partial charge in [0.1, 0.15) is 17.3 Å². The van der Waals surface area contributed by atoms with Crippen LogP contribution >= 0.6 is 0 Å². The van der Waals surface area contributed by atoms with Crippen LogP contribution in [0.25, 0.3) is 11.1 Å². The van der Waals surface area contributed by atoms with E-state index in [1.165, 1.54) is 68.5 Å². The molecule has 204 valence electrons.